The molecule has 0 amide bonds. The molecule has 0 aliphatic heterocycles. The van der Waals surface area contributed by atoms with E-state index in [4.69, 9.17) is 10.5 Å². The smallest absolute Gasteiger partial charge is 0.226 e. The van der Waals surface area contributed by atoms with Gasteiger partial charge in [-0.25, -0.2) is 4.98 Å². The first-order valence-corrected chi connectivity index (χ1v) is 7.15. The summed E-state index contributed by atoms with van der Waals surface area (Å²) < 4.78 is 5.58. The monoisotopic (exact) mass is 264 g/mol. The first kappa shape index (κ1) is 14.1. The minimum atomic E-state index is 0.120. The Morgan fingerprint density at radius 1 is 1.42 bits per heavy atom. The molecule has 2 rings (SSSR count). The quantitative estimate of drug-likeness (QED) is 0.853. The zero-order chi connectivity index (χ0) is 13.7. The van der Waals surface area contributed by atoms with E-state index in [2.05, 4.69) is 15.3 Å². The Kier molecular flexibility index (Phi) is 4.96. The van der Waals surface area contributed by atoms with Gasteiger partial charge in [0.25, 0.3) is 0 Å². The topological polar surface area (TPSA) is 73.1 Å². The number of rotatable bonds is 5. The van der Waals surface area contributed by atoms with Crippen LogP contribution in [0.15, 0.2) is 12.3 Å². The van der Waals surface area contributed by atoms with Crippen molar-refractivity contribution >= 4 is 5.95 Å². The zero-order valence-electron chi connectivity index (χ0n) is 11.8. The summed E-state index contributed by atoms with van der Waals surface area (Å²) in [6.07, 6.45) is 6.70. The fourth-order valence-electron chi connectivity index (χ4n) is 2.56. The molecule has 2 atom stereocenters. The van der Waals surface area contributed by atoms with Gasteiger partial charge in [-0.05, 0) is 39.2 Å². The molecular formula is C14H24N4O. The number of hydrogen-bond donors (Lipinski definition) is 2. The summed E-state index contributed by atoms with van der Waals surface area (Å²) in [4.78, 5) is 8.66. The van der Waals surface area contributed by atoms with Crippen molar-refractivity contribution < 1.29 is 4.74 Å². The predicted molar refractivity (Wildman–Crippen MR) is 76.2 cm³/mol. The maximum absolute atomic E-state index is 5.84. The van der Waals surface area contributed by atoms with E-state index in [0.29, 0.717) is 23.8 Å². The van der Waals surface area contributed by atoms with Crippen LogP contribution < -0.4 is 15.8 Å². The molecule has 2 unspecified atom stereocenters. The average molecular weight is 264 g/mol. The van der Waals surface area contributed by atoms with E-state index in [9.17, 15) is 0 Å². The molecule has 3 N–H and O–H groups in total. The normalized spacial score (nSPS) is 23.4. The standard InChI is InChI=1S/C14H24N4O/c1-10(2)19-13-7-8-16-14(18-13)17-12-6-4-3-5-11(12)9-15/h7-8,10-12H,3-6,9,15H2,1-2H3,(H,16,17,18). The third kappa shape index (κ3) is 4.06. The summed E-state index contributed by atoms with van der Waals surface area (Å²) in [5.41, 5.74) is 5.84. The van der Waals surface area contributed by atoms with Gasteiger partial charge in [0.05, 0.1) is 6.10 Å². The number of aromatic nitrogens is 2. The van der Waals surface area contributed by atoms with Crippen molar-refractivity contribution in [3.05, 3.63) is 12.3 Å². The maximum Gasteiger partial charge on any atom is 0.226 e. The van der Waals surface area contributed by atoms with Crippen LogP contribution in [-0.4, -0.2) is 28.7 Å². The number of nitrogens with zero attached hydrogens (tertiary/aromatic N) is 2. The summed E-state index contributed by atoms with van der Waals surface area (Å²) in [7, 11) is 0. The molecule has 1 aromatic rings. The minimum absolute atomic E-state index is 0.120. The van der Waals surface area contributed by atoms with Gasteiger partial charge in [0.2, 0.25) is 11.8 Å². The number of hydrogen-bond acceptors (Lipinski definition) is 5. The van der Waals surface area contributed by atoms with E-state index in [-0.39, 0.29) is 6.10 Å². The SMILES string of the molecule is CC(C)Oc1ccnc(NC2CCCCC2CN)n1. The van der Waals surface area contributed by atoms with Gasteiger partial charge in [-0.3, -0.25) is 0 Å². The lowest BCUT2D eigenvalue weighted by Gasteiger charge is -2.31. The Hall–Kier alpha value is -1.36. The number of nitrogens with two attached hydrogens (primary N) is 1. The number of anilines is 1. The fourth-order valence-corrected chi connectivity index (χ4v) is 2.56. The van der Waals surface area contributed by atoms with Crippen LogP contribution in [0.5, 0.6) is 5.88 Å². The molecule has 106 valence electrons. The summed E-state index contributed by atoms with van der Waals surface area (Å²) in [6, 6.07) is 2.17. The lowest BCUT2D eigenvalue weighted by Crippen LogP contribution is -2.37. The van der Waals surface area contributed by atoms with Crippen molar-refractivity contribution in [1.29, 1.82) is 0 Å². The fraction of sp³-hybridized carbons (Fsp3) is 0.714. The zero-order valence-corrected chi connectivity index (χ0v) is 11.8. The van der Waals surface area contributed by atoms with Gasteiger partial charge in [0, 0.05) is 18.3 Å². The van der Waals surface area contributed by atoms with Crippen LogP contribution in [0.25, 0.3) is 0 Å². The van der Waals surface area contributed by atoms with Crippen LogP contribution in [0.3, 0.4) is 0 Å². The van der Waals surface area contributed by atoms with Crippen molar-refractivity contribution in [2.75, 3.05) is 11.9 Å². The van der Waals surface area contributed by atoms with Crippen molar-refractivity contribution in [1.82, 2.24) is 9.97 Å². The lowest BCUT2D eigenvalue weighted by atomic mass is 9.84. The summed E-state index contributed by atoms with van der Waals surface area (Å²) in [6.45, 7) is 4.70. The van der Waals surface area contributed by atoms with E-state index in [1.165, 1.54) is 19.3 Å². The number of nitrogens with one attached hydrogen (secondary N) is 1. The molecule has 1 fully saturated rings. The molecule has 19 heavy (non-hydrogen) atoms. The van der Waals surface area contributed by atoms with E-state index >= 15 is 0 Å². The Bertz CT molecular complexity index is 397. The van der Waals surface area contributed by atoms with E-state index in [1.807, 2.05) is 13.8 Å². The molecule has 1 aliphatic carbocycles. The third-order valence-electron chi connectivity index (χ3n) is 3.51. The Labute approximate surface area is 115 Å². The molecule has 1 saturated carbocycles. The largest absolute Gasteiger partial charge is 0.475 e. The minimum Gasteiger partial charge on any atom is -0.475 e. The molecule has 0 aromatic carbocycles. The second-order valence-corrected chi connectivity index (χ2v) is 5.42. The van der Waals surface area contributed by atoms with Gasteiger partial charge in [-0.15, -0.1) is 0 Å². The van der Waals surface area contributed by atoms with Crippen molar-refractivity contribution in [2.24, 2.45) is 11.7 Å². The van der Waals surface area contributed by atoms with E-state index in [0.717, 1.165) is 13.0 Å². The summed E-state index contributed by atoms with van der Waals surface area (Å²) in [5, 5.41) is 3.41. The van der Waals surface area contributed by atoms with E-state index < -0.39 is 0 Å². The van der Waals surface area contributed by atoms with Crippen molar-refractivity contribution in [3.63, 3.8) is 0 Å². The molecule has 0 saturated heterocycles. The summed E-state index contributed by atoms with van der Waals surface area (Å²) >= 11 is 0. The van der Waals surface area contributed by atoms with Crippen LogP contribution in [0.4, 0.5) is 5.95 Å². The average Bonchev–Trinajstić information content (AvgIpc) is 2.39. The lowest BCUT2D eigenvalue weighted by molar-refractivity contribution is 0.232. The first-order valence-electron chi connectivity index (χ1n) is 7.15. The van der Waals surface area contributed by atoms with Crippen LogP contribution in [0.2, 0.25) is 0 Å². The van der Waals surface area contributed by atoms with E-state index in [1.54, 1.807) is 12.3 Å². The predicted octanol–water partition coefficient (Wildman–Crippen LogP) is 2.19. The van der Waals surface area contributed by atoms with Gasteiger partial charge in [0.1, 0.15) is 0 Å². The molecule has 1 aromatic heterocycles. The highest BCUT2D eigenvalue weighted by Gasteiger charge is 2.24. The molecule has 1 heterocycles. The highest BCUT2D eigenvalue weighted by atomic mass is 16.5. The molecule has 5 heteroatoms. The first-order chi connectivity index (χ1) is 9.19. The highest BCUT2D eigenvalue weighted by molar-refractivity contribution is 5.29. The van der Waals surface area contributed by atoms with Gasteiger partial charge >= 0.3 is 0 Å². The van der Waals surface area contributed by atoms with Gasteiger partial charge in [-0.2, -0.15) is 4.98 Å². The molecule has 0 spiro atoms. The summed E-state index contributed by atoms with van der Waals surface area (Å²) in [5.74, 6) is 1.78. The number of ether oxygens (including phenoxy) is 1. The Morgan fingerprint density at radius 3 is 2.95 bits per heavy atom. The van der Waals surface area contributed by atoms with Gasteiger partial charge in [-0.1, -0.05) is 12.8 Å². The third-order valence-corrected chi connectivity index (χ3v) is 3.51. The van der Waals surface area contributed by atoms with Crippen molar-refractivity contribution in [2.45, 2.75) is 51.7 Å². The van der Waals surface area contributed by atoms with Crippen LogP contribution in [0, 0.1) is 5.92 Å². The second kappa shape index (κ2) is 6.70. The molecule has 0 radical (unpaired) electrons. The maximum atomic E-state index is 5.84. The second-order valence-electron chi connectivity index (χ2n) is 5.42. The van der Waals surface area contributed by atoms with Crippen LogP contribution in [-0.2, 0) is 0 Å². The molecule has 5 nitrogen and oxygen atoms in total. The molecule has 0 bridgehead atoms. The Morgan fingerprint density at radius 2 is 2.21 bits per heavy atom. The van der Waals surface area contributed by atoms with Gasteiger partial charge in [0.15, 0.2) is 0 Å². The molecular weight excluding hydrogens is 240 g/mol. The Balaban J connectivity index is 2.01. The molecule has 1 aliphatic rings. The van der Waals surface area contributed by atoms with Gasteiger partial charge < -0.3 is 15.8 Å². The van der Waals surface area contributed by atoms with Crippen LogP contribution in [0.1, 0.15) is 39.5 Å². The van der Waals surface area contributed by atoms with Crippen LogP contribution >= 0.6 is 0 Å². The van der Waals surface area contributed by atoms with Crippen molar-refractivity contribution in [3.8, 4) is 5.88 Å². The highest BCUT2D eigenvalue weighted by Crippen LogP contribution is 2.26.